The number of nitrogens with one attached hydrogen (secondary N) is 1. The van der Waals surface area contributed by atoms with Crippen LogP contribution in [0.15, 0.2) is 23.1 Å². The van der Waals surface area contributed by atoms with E-state index >= 15 is 0 Å². The summed E-state index contributed by atoms with van der Waals surface area (Å²) in [4.78, 5) is 0.0919. The fourth-order valence-electron chi connectivity index (χ4n) is 2.08. The molecule has 0 saturated carbocycles. The normalized spacial score (nSPS) is 15.0. The van der Waals surface area contributed by atoms with E-state index in [1.165, 1.54) is 6.07 Å². The van der Waals surface area contributed by atoms with Crippen LogP contribution in [0.4, 0.5) is 0 Å². The van der Waals surface area contributed by atoms with Crippen LogP contribution < -0.4 is 19.9 Å². The molecule has 0 spiro atoms. The van der Waals surface area contributed by atoms with Crippen molar-refractivity contribution in [2.45, 2.75) is 37.1 Å². The highest BCUT2D eigenvalue weighted by Crippen LogP contribution is 2.36. The van der Waals surface area contributed by atoms with Crippen LogP contribution in [0.3, 0.4) is 0 Å². The first kappa shape index (κ1) is 16.1. The van der Waals surface area contributed by atoms with Gasteiger partial charge in [0.05, 0.1) is 0 Å². The van der Waals surface area contributed by atoms with Crippen molar-refractivity contribution < 1.29 is 17.9 Å². The van der Waals surface area contributed by atoms with Crippen molar-refractivity contribution in [1.82, 2.24) is 4.72 Å². The van der Waals surface area contributed by atoms with E-state index in [2.05, 4.69) is 4.72 Å². The Morgan fingerprint density at radius 3 is 2.57 bits per heavy atom. The molecule has 6 nitrogen and oxygen atoms in total. The molecule has 1 heterocycles. The summed E-state index contributed by atoms with van der Waals surface area (Å²) in [5.74, 6) is 0.723. The molecule has 1 aromatic rings. The van der Waals surface area contributed by atoms with Crippen molar-refractivity contribution in [1.29, 1.82) is 0 Å². The van der Waals surface area contributed by atoms with Gasteiger partial charge in [0.15, 0.2) is 11.5 Å². The van der Waals surface area contributed by atoms with Crippen LogP contribution in [-0.2, 0) is 10.0 Å². The molecule has 0 atom stereocenters. The van der Waals surface area contributed by atoms with Gasteiger partial charge in [0.25, 0.3) is 0 Å². The molecule has 1 aliphatic rings. The second kappa shape index (κ2) is 6.21. The zero-order valence-corrected chi connectivity index (χ0v) is 13.2. The maximum Gasteiger partial charge on any atom is 0.244 e. The van der Waals surface area contributed by atoms with Crippen LogP contribution in [0, 0.1) is 0 Å². The SMILES string of the molecule is CCC(N)(CC)CNS(=O)(=O)c1cccc2c1OCCO2. The van der Waals surface area contributed by atoms with Crippen LogP contribution >= 0.6 is 0 Å². The Bertz CT molecular complexity index is 597. The highest BCUT2D eigenvalue weighted by Gasteiger charge is 2.28. The first-order valence-electron chi connectivity index (χ1n) is 7.09. The number of hydrogen-bond acceptors (Lipinski definition) is 5. The molecule has 0 amide bonds. The predicted molar refractivity (Wildman–Crippen MR) is 80.1 cm³/mol. The van der Waals surface area contributed by atoms with E-state index < -0.39 is 15.6 Å². The lowest BCUT2D eigenvalue weighted by molar-refractivity contribution is 0.167. The number of ether oxygens (including phenoxy) is 2. The van der Waals surface area contributed by atoms with Crippen LogP contribution in [-0.4, -0.2) is 33.7 Å². The molecular weight excluding hydrogens is 292 g/mol. The monoisotopic (exact) mass is 314 g/mol. The van der Waals surface area contributed by atoms with Crippen molar-refractivity contribution in [3.05, 3.63) is 18.2 Å². The number of fused-ring (bicyclic) bond motifs is 1. The minimum Gasteiger partial charge on any atom is -0.486 e. The highest BCUT2D eigenvalue weighted by atomic mass is 32.2. The molecule has 3 N–H and O–H groups in total. The Hall–Kier alpha value is -1.31. The predicted octanol–water partition coefficient (Wildman–Crippen LogP) is 1.25. The Morgan fingerprint density at radius 2 is 1.90 bits per heavy atom. The molecule has 0 saturated heterocycles. The third-order valence-corrected chi connectivity index (χ3v) is 5.27. The lowest BCUT2D eigenvalue weighted by atomic mass is 9.95. The highest BCUT2D eigenvalue weighted by molar-refractivity contribution is 7.89. The van der Waals surface area contributed by atoms with Crippen LogP contribution in [0.2, 0.25) is 0 Å². The molecule has 7 heteroatoms. The smallest absolute Gasteiger partial charge is 0.244 e. The number of rotatable bonds is 6. The first-order valence-corrected chi connectivity index (χ1v) is 8.57. The van der Waals surface area contributed by atoms with Gasteiger partial charge in [-0.05, 0) is 25.0 Å². The summed E-state index contributed by atoms with van der Waals surface area (Å²) >= 11 is 0. The van der Waals surface area contributed by atoms with Gasteiger partial charge in [0, 0.05) is 12.1 Å². The van der Waals surface area contributed by atoms with E-state index in [9.17, 15) is 8.42 Å². The number of nitrogens with two attached hydrogens (primary N) is 1. The van der Waals surface area contributed by atoms with E-state index in [-0.39, 0.29) is 17.2 Å². The summed E-state index contributed by atoms with van der Waals surface area (Å²) in [5.41, 5.74) is 5.59. The Labute approximate surface area is 125 Å². The second-order valence-electron chi connectivity index (χ2n) is 5.17. The molecule has 2 rings (SSSR count). The summed E-state index contributed by atoms with van der Waals surface area (Å²) in [5, 5.41) is 0. The Balaban J connectivity index is 2.24. The van der Waals surface area contributed by atoms with Crippen LogP contribution in [0.1, 0.15) is 26.7 Å². The number of sulfonamides is 1. The Morgan fingerprint density at radius 1 is 1.24 bits per heavy atom. The standard InChI is InChI=1S/C14H22N2O4S/c1-3-14(15,4-2)10-16-21(17,18)12-7-5-6-11-13(12)20-9-8-19-11/h5-7,16H,3-4,8-10,15H2,1-2H3. The van der Waals surface area contributed by atoms with Gasteiger partial charge in [0.2, 0.25) is 10.0 Å². The van der Waals surface area contributed by atoms with E-state index in [1.807, 2.05) is 13.8 Å². The molecule has 0 unspecified atom stereocenters. The lowest BCUT2D eigenvalue weighted by Gasteiger charge is -2.27. The van der Waals surface area contributed by atoms with Gasteiger partial charge < -0.3 is 15.2 Å². The van der Waals surface area contributed by atoms with E-state index in [0.29, 0.717) is 31.8 Å². The van der Waals surface area contributed by atoms with Crippen LogP contribution in [0.25, 0.3) is 0 Å². The summed E-state index contributed by atoms with van der Waals surface area (Å²) < 4.78 is 38.4. The summed E-state index contributed by atoms with van der Waals surface area (Å²) in [6.07, 6.45) is 1.39. The zero-order valence-electron chi connectivity index (χ0n) is 12.4. The molecule has 0 radical (unpaired) electrons. The van der Waals surface area contributed by atoms with E-state index in [1.54, 1.807) is 12.1 Å². The molecule has 118 valence electrons. The molecule has 0 aliphatic carbocycles. The number of hydrogen-bond donors (Lipinski definition) is 2. The molecular formula is C14H22N2O4S. The molecule has 1 aromatic carbocycles. The lowest BCUT2D eigenvalue weighted by Crippen LogP contribution is -2.49. The molecule has 0 bridgehead atoms. The van der Waals surface area contributed by atoms with Crippen molar-refractivity contribution in [3.63, 3.8) is 0 Å². The van der Waals surface area contributed by atoms with Crippen molar-refractivity contribution in [3.8, 4) is 11.5 Å². The molecule has 1 aliphatic heterocycles. The van der Waals surface area contributed by atoms with Gasteiger partial charge in [-0.25, -0.2) is 13.1 Å². The topological polar surface area (TPSA) is 90.7 Å². The quantitative estimate of drug-likeness (QED) is 0.825. The Kier molecular flexibility index (Phi) is 4.75. The van der Waals surface area contributed by atoms with Gasteiger partial charge in [-0.2, -0.15) is 0 Å². The third-order valence-electron chi connectivity index (χ3n) is 3.84. The van der Waals surface area contributed by atoms with Crippen molar-refractivity contribution >= 4 is 10.0 Å². The van der Waals surface area contributed by atoms with Crippen molar-refractivity contribution in [2.75, 3.05) is 19.8 Å². The van der Waals surface area contributed by atoms with Gasteiger partial charge in [0.1, 0.15) is 18.1 Å². The maximum absolute atomic E-state index is 12.5. The second-order valence-corrected chi connectivity index (χ2v) is 6.91. The fraction of sp³-hybridized carbons (Fsp3) is 0.571. The number of para-hydroxylation sites is 1. The van der Waals surface area contributed by atoms with E-state index in [4.69, 9.17) is 15.2 Å². The minimum absolute atomic E-state index is 0.0919. The molecule has 0 fully saturated rings. The average molecular weight is 314 g/mol. The largest absolute Gasteiger partial charge is 0.486 e. The third kappa shape index (κ3) is 3.48. The van der Waals surface area contributed by atoms with Crippen LogP contribution in [0.5, 0.6) is 11.5 Å². The van der Waals surface area contributed by atoms with Gasteiger partial charge >= 0.3 is 0 Å². The maximum atomic E-state index is 12.5. The van der Waals surface area contributed by atoms with Gasteiger partial charge in [-0.1, -0.05) is 19.9 Å². The summed E-state index contributed by atoms with van der Waals surface area (Å²) in [6, 6.07) is 4.84. The first-order chi connectivity index (χ1) is 9.92. The van der Waals surface area contributed by atoms with E-state index in [0.717, 1.165) is 0 Å². The minimum atomic E-state index is -3.69. The summed E-state index contributed by atoms with van der Waals surface area (Å²) in [7, 11) is -3.69. The fourth-order valence-corrected chi connectivity index (χ4v) is 3.37. The summed E-state index contributed by atoms with van der Waals surface area (Å²) in [6.45, 7) is 4.83. The molecule has 0 aromatic heterocycles. The average Bonchev–Trinajstić information content (AvgIpc) is 2.52. The van der Waals surface area contributed by atoms with Crippen molar-refractivity contribution in [2.24, 2.45) is 5.73 Å². The number of benzene rings is 1. The zero-order chi connectivity index (χ0) is 15.5. The van der Waals surface area contributed by atoms with Gasteiger partial charge in [-0.15, -0.1) is 0 Å². The molecule has 21 heavy (non-hydrogen) atoms. The van der Waals surface area contributed by atoms with Gasteiger partial charge in [-0.3, -0.25) is 0 Å².